The fourth-order valence-electron chi connectivity index (χ4n) is 1.81. The number of amides is 2. The van der Waals surface area contributed by atoms with Gasteiger partial charge in [-0.3, -0.25) is 14.5 Å². The number of benzene rings is 1. The Morgan fingerprint density at radius 3 is 2.18 bits per heavy atom. The van der Waals surface area contributed by atoms with Gasteiger partial charge in [-0.15, -0.1) is 0 Å². The minimum Gasteiger partial charge on any atom is -0.500 e. The first kappa shape index (κ1) is 11.4. The van der Waals surface area contributed by atoms with Gasteiger partial charge in [0.15, 0.2) is 0 Å². The van der Waals surface area contributed by atoms with Gasteiger partial charge in [-0.25, -0.2) is 0 Å². The Labute approximate surface area is 99.5 Å². The summed E-state index contributed by atoms with van der Waals surface area (Å²) in [5.74, 6) is 0.0727. The summed E-state index contributed by atoms with van der Waals surface area (Å²) in [5, 5.41) is 0. The van der Waals surface area contributed by atoms with Crippen molar-refractivity contribution in [1.82, 2.24) is 4.90 Å². The van der Waals surface area contributed by atoms with Crippen molar-refractivity contribution in [3.8, 4) is 0 Å². The number of nitrogens with zero attached hydrogens (tertiary/aromatic N) is 1. The van der Waals surface area contributed by atoms with E-state index in [2.05, 4.69) is 0 Å². The molecule has 0 bridgehead atoms. The molecule has 4 heteroatoms. The van der Waals surface area contributed by atoms with E-state index in [9.17, 15) is 9.59 Å². The van der Waals surface area contributed by atoms with Crippen LogP contribution in [0.5, 0.6) is 0 Å². The van der Waals surface area contributed by atoms with E-state index in [1.165, 1.54) is 12.0 Å². The number of rotatable bonds is 3. The molecule has 0 saturated heterocycles. The largest absolute Gasteiger partial charge is 0.500 e. The van der Waals surface area contributed by atoms with E-state index in [1.807, 2.05) is 0 Å². The third kappa shape index (κ3) is 1.82. The molecule has 0 aromatic heterocycles. The average molecular weight is 231 g/mol. The fourth-order valence-corrected chi connectivity index (χ4v) is 1.81. The number of ether oxygens (including phenoxy) is 1. The minimum absolute atomic E-state index is 0.180. The van der Waals surface area contributed by atoms with Crippen molar-refractivity contribution in [3.05, 3.63) is 47.2 Å². The van der Waals surface area contributed by atoms with Crippen LogP contribution in [-0.4, -0.2) is 30.4 Å². The van der Waals surface area contributed by atoms with Crippen LogP contribution in [0, 0.1) is 0 Å². The first-order valence-corrected chi connectivity index (χ1v) is 5.33. The highest BCUT2D eigenvalue weighted by atomic mass is 16.5. The lowest BCUT2D eigenvalue weighted by molar-refractivity contribution is 0.0644. The highest BCUT2D eigenvalue weighted by molar-refractivity contribution is 6.21. The summed E-state index contributed by atoms with van der Waals surface area (Å²) in [4.78, 5) is 25.2. The van der Waals surface area contributed by atoms with E-state index >= 15 is 0 Å². The SMILES string of the molecule is CC=C(CN1C(=O)c2ccccc2C1=O)OC. The summed E-state index contributed by atoms with van der Waals surface area (Å²) in [6, 6.07) is 6.83. The summed E-state index contributed by atoms with van der Waals surface area (Å²) in [6.45, 7) is 1.98. The molecule has 2 amide bonds. The van der Waals surface area contributed by atoms with Crippen LogP contribution in [-0.2, 0) is 4.74 Å². The van der Waals surface area contributed by atoms with E-state index in [1.54, 1.807) is 37.3 Å². The fraction of sp³-hybridized carbons (Fsp3) is 0.231. The average Bonchev–Trinajstić information content (AvgIpc) is 2.61. The summed E-state index contributed by atoms with van der Waals surface area (Å²) >= 11 is 0. The van der Waals surface area contributed by atoms with Crippen LogP contribution < -0.4 is 0 Å². The lowest BCUT2D eigenvalue weighted by atomic mass is 10.1. The highest BCUT2D eigenvalue weighted by Gasteiger charge is 2.35. The molecule has 0 fully saturated rings. The standard InChI is InChI=1S/C13H13NO3/c1-3-9(17-2)8-14-12(15)10-6-4-5-7-11(10)13(14)16/h3-7H,8H2,1-2H3. The molecule has 88 valence electrons. The maximum atomic E-state index is 12.0. The number of imide groups is 1. The van der Waals surface area contributed by atoms with Gasteiger partial charge in [0.25, 0.3) is 11.8 Å². The van der Waals surface area contributed by atoms with Gasteiger partial charge in [-0.2, -0.15) is 0 Å². The third-order valence-electron chi connectivity index (χ3n) is 2.78. The van der Waals surface area contributed by atoms with Gasteiger partial charge in [0.2, 0.25) is 0 Å². The topological polar surface area (TPSA) is 46.6 Å². The maximum absolute atomic E-state index is 12.0. The zero-order valence-electron chi connectivity index (χ0n) is 9.77. The third-order valence-corrected chi connectivity index (χ3v) is 2.78. The molecule has 4 nitrogen and oxygen atoms in total. The second-order valence-electron chi connectivity index (χ2n) is 3.70. The van der Waals surface area contributed by atoms with Crippen LogP contribution in [0.25, 0.3) is 0 Å². The minimum atomic E-state index is -0.262. The molecule has 0 aliphatic carbocycles. The summed E-state index contributed by atoms with van der Waals surface area (Å²) < 4.78 is 5.07. The molecular formula is C13H13NO3. The normalized spacial score (nSPS) is 15.2. The Hall–Kier alpha value is -2.10. The van der Waals surface area contributed by atoms with Crippen molar-refractivity contribution < 1.29 is 14.3 Å². The number of hydrogen-bond donors (Lipinski definition) is 0. The van der Waals surface area contributed by atoms with Gasteiger partial charge in [-0.1, -0.05) is 12.1 Å². The summed E-state index contributed by atoms with van der Waals surface area (Å²) in [7, 11) is 1.52. The number of methoxy groups -OCH3 is 1. The van der Waals surface area contributed by atoms with Crippen molar-refractivity contribution >= 4 is 11.8 Å². The molecule has 1 heterocycles. The van der Waals surface area contributed by atoms with E-state index in [4.69, 9.17) is 4.74 Å². The Balaban J connectivity index is 2.30. The van der Waals surface area contributed by atoms with Crippen molar-refractivity contribution in [2.24, 2.45) is 0 Å². The van der Waals surface area contributed by atoms with Crippen molar-refractivity contribution in [1.29, 1.82) is 0 Å². The zero-order chi connectivity index (χ0) is 12.4. The van der Waals surface area contributed by atoms with Gasteiger partial charge >= 0.3 is 0 Å². The molecule has 2 rings (SSSR count). The second kappa shape index (κ2) is 4.41. The number of carbonyl (C=O) groups is 2. The molecule has 1 aromatic rings. The lowest BCUT2D eigenvalue weighted by Crippen LogP contribution is -2.32. The molecule has 17 heavy (non-hydrogen) atoms. The molecule has 0 N–H and O–H groups in total. The van der Waals surface area contributed by atoms with Gasteiger partial charge in [0.1, 0.15) is 5.76 Å². The smallest absolute Gasteiger partial charge is 0.261 e. The highest BCUT2D eigenvalue weighted by Crippen LogP contribution is 2.23. The monoisotopic (exact) mass is 231 g/mol. The quantitative estimate of drug-likeness (QED) is 0.589. The molecule has 1 aliphatic heterocycles. The van der Waals surface area contributed by atoms with Crippen molar-refractivity contribution in [2.75, 3.05) is 13.7 Å². The zero-order valence-corrected chi connectivity index (χ0v) is 9.77. The van der Waals surface area contributed by atoms with Crippen LogP contribution in [0.3, 0.4) is 0 Å². The predicted molar refractivity (Wildman–Crippen MR) is 62.6 cm³/mol. The second-order valence-corrected chi connectivity index (χ2v) is 3.70. The number of hydrogen-bond acceptors (Lipinski definition) is 3. The first-order chi connectivity index (χ1) is 8.19. The Morgan fingerprint density at radius 1 is 1.24 bits per heavy atom. The van der Waals surface area contributed by atoms with Gasteiger partial charge in [-0.05, 0) is 25.1 Å². The molecule has 0 radical (unpaired) electrons. The van der Waals surface area contributed by atoms with Gasteiger partial charge < -0.3 is 4.74 Å². The van der Waals surface area contributed by atoms with Crippen molar-refractivity contribution in [2.45, 2.75) is 6.92 Å². The molecule has 1 aliphatic rings. The molecule has 0 saturated carbocycles. The molecular weight excluding hydrogens is 218 g/mol. The Kier molecular flexibility index (Phi) is 2.95. The lowest BCUT2D eigenvalue weighted by Gasteiger charge is -2.15. The van der Waals surface area contributed by atoms with Crippen LogP contribution in [0.1, 0.15) is 27.6 Å². The van der Waals surface area contributed by atoms with Gasteiger partial charge in [0, 0.05) is 0 Å². The van der Waals surface area contributed by atoms with E-state index in [0.29, 0.717) is 16.9 Å². The molecule has 0 atom stereocenters. The van der Waals surface area contributed by atoms with Crippen LogP contribution >= 0.6 is 0 Å². The van der Waals surface area contributed by atoms with E-state index < -0.39 is 0 Å². The molecule has 0 spiro atoms. The van der Waals surface area contributed by atoms with Gasteiger partial charge in [0.05, 0.1) is 24.8 Å². The van der Waals surface area contributed by atoms with E-state index in [-0.39, 0.29) is 18.4 Å². The number of carbonyl (C=O) groups excluding carboxylic acids is 2. The Bertz CT molecular complexity index is 470. The maximum Gasteiger partial charge on any atom is 0.261 e. The first-order valence-electron chi connectivity index (χ1n) is 5.33. The van der Waals surface area contributed by atoms with E-state index in [0.717, 1.165) is 0 Å². The number of fused-ring (bicyclic) bond motifs is 1. The van der Waals surface area contributed by atoms with Crippen LogP contribution in [0.4, 0.5) is 0 Å². The summed E-state index contributed by atoms with van der Waals surface area (Å²) in [6.07, 6.45) is 1.74. The van der Waals surface area contributed by atoms with Crippen LogP contribution in [0.2, 0.25) is 0 Å². The molecule has 0 unspecified atom stereocenters. The summed E-state index contributed by atoms with van der Waals surface area (Å²) in [5.41, 5.74) is 0.924. The number of allylic oxidation sites excluding steroid dienone is 1. The molecule has 1 aromatic carbocycles. The van der Waals surface area contributed by atoms with Crippen LogP contribution in [0.15, 0.2) is 36.1 Å². The van der Waals surface area contributed by atoms with Crippen molar-refractivity contribution in [3.63, 3.8) is 0 Å². The predicted octanol–water partition coefficient (Wildman–Crippen LogP) is 1.83. The Morgan fingerprint density at radius 2 is 1.76 bits per heavy atom.